The van der Waals surface area contributed by atoms with Crippen molar-refractivity contribution in [3.63, 3.8) is 0 Å². The highest BCUT2D eigenvalue weighted by atomic mass is 14.9. The zero-order chi connectivity index (χ0) is 12.0. The predicted molar refractivity (Wildman–Crippen MR) is 73.1 cm³/mol. The first kappa shape index (κ1) is 13.1. The van der Waals surface area contributed by atoms with Crippen molar-refractivity contribution in [1.82, 2.24) is 0 Å². The topological polar surface area (TPSA) is 12.0 Å². The second-order valence-corrected chi connectivity index (χ2v) is 4.97. The van der Waals surface area contributed by atoms with Gasteiger partial charge in [-0.3, -0.25) is 0 Å². The van der Waals surface area contributed by atoms with Crippen molar-refractivity contribution in [2.45, 2.75) is 58.9 Å². The summed E-state index contributed by atoms with van der Waals surface area (Å²) in [4.78, 5) is 0. The SMILES string of the molecule is CCCCC(C)Nc1cccc(C(C)C)c1. The van der Waals surface area contributed by atoms with Crippen LogP contribution in [0.15, 0.2) is 24.3 Å². The molecular formula is C15H25N. The average Bonchev–Trinajstić information content (AvgIpc) is 2.26. The Bertz CT molecular complexity index is 304. The molecule has 0 fully saturated rings. The van der Waals surface area contributed by atoms with Gasteiger partial charge in [0.25, 0.3) is 0 Å². The van der Waals surface area contributed by atoms with Gasteiger partial charge in [-0.15, -0.1) is 0 Å². The summed E-state index contributed by atoms with van der Waals surface area (Å²) in [5.41, 5.74) is 2.67. The predicted octanol–water partition coefficient (Wildman–Crippen LogP) is 4.80. The molecule has 90 valence electrons. The average molecular weight is 219 g/mol. The van der Waals surface area contributed by atoms with Gasteiger partial charge in [-0.25, -0.2) is 0 Å². The minimum absolute atomic E-state index is 0.572. The van der Waals surface area contributed by atoms with E-state index in [9.17, 15) is 0 Å². The van der Waals surface area contributed by atoms with E-state index in [0.29, 0.717) is 12.0 Å². The van der Waals surface area contributed by atoms with Gasteiger partial charge in [-0.2, -0.15) is 0 Å². The summed E-state index contributed by atoms with van der Waals surface area (Å²) in [5, 5.41) is 3.57. The van der Waals surface area contributed by atoms with Crippen LogP contribution in [0.4, 0.5) is 5.69 Å². The van der Waals surface area contributed by atoms with E-state index in [2.05, 4.69) is 57.3 Å². The lowest BCUT2D eigenvalue weighted by molar-refractivity contribution is 0.645. The summed E-state index contributed by atoms with van der Waals surface area (Å²) < 4.78 is 0. The molecule has 0 radical (unpaired) electrons. The quantitative estimate of drug-likeness (QED) is 0.724. The summed E-state index contributed by atoms with van der Waals surface area (Å²) in [6.45, 7) is 8.98. The zero-order valence-corrected chi connectivity index (χ0v) is 11.1. The summed E-state index contributed by atoms with van der Waals surface area (Å²) in [5.74, 6) is 0.604. The first-order valence-corrected chi connectivity index (χ1v) is 6.50. The Morgan fingerprint density at radius 2 is 1.94 bits per heavy atom. The van der Waals surface area contributed by atoms with E-state index in [-0.39, 0.29) is 0 Å². The summed E-state index contributed by atoms with van der Waals surface area (Å²) in [6.07, 6.45) is 3.83. The van der Waals surface area contributed by atoms with Gasteiger partial charge in [0.2, 0.25) is 0 Å². The first-order valence-electron chi connectivity index (χ1n) is 6.50. The molecule has 0 aliphatic heterocycles. The second-order valence-electron chi connectivity index (χ2n) is 4.97. The number of hydrogen-bond acceptors (Lipinski definition) is 1. The van der Waals surface area contributed by atoms with Gasteiger partial charge in [0.05, 0.1) is 0 Å². The van der Waals surface area contributed by atoms with Gasteiger partial charge in [-0.1, -0.05) is 45.7 Å². The van der Waals surface area contributed by atoms with Gasteiger partial charge in [-0.05, 0) is 37.0 Å². The largest absolute Gasteiger partial charge is 0.383 e. The van der Waals surface area contributed by atoms with E-state index in [4.69, 9.17) is 0 Å². The van der Waals surface area contributed by atoms with Crippen LogP contribution >= 0.6 is 0 Å². The minimum atomic E-state index is 0.572. The molecule has 1 N–H and O–H groups in total. The van der Waals surface area contributed by atoms with E-state index in [1.165, 1.54) is 30.5 Å². The highest BCUT2D eigenvalue weighted by Gasteiger charge is 2.03. The van der Waals surface area contributed by atoms with E-state index in [1.807, 2.05) is 0 Å². The second kappa shape index (κ2) is 6.57. The molecule has 1 nitrogen and oxygen atoms in total. The van der Waals surface area contributed by atoms with Crippen molar-refractivity contribution in [1.29, 1.82) is 0 Å². The van der Waals surface area contributed by atoms with Gasteiger partial charge < -0.3 is 5.32 Å². The normalized spacial score (nSPS) is 12.8. The van der Waals surface area contributed by atoms with Gasteiger partial charge >= 0.3 is 0 Å². The van der Waals surface area contributed by atoms with Crippen LogP contribution in [0.5, 0.6) is 0 Å². The number of unbranched alkanes of at least 4 members (excludes halogenated alkanes) is 1. The lowest BCUT2D eigenvalue weighted by atomic mass is 10.0. The molecule has 0 heterocycles. The van der Waals surface area contributed by atoms with Gasteiger partial charge in [0, 0.05) is 11.7 Å². The fourth-order valence-electron chi connectivity index (χ4n) is 1.85. The fraction of sp³-hybridized carbons (Fsp3) is 0.600. The molecule has 0 aliphatic carbocycles. The van der Waals surface area contributed by atoms with Crippen LogP contribution in [-0.4, -0.2) is 6.04 Å². The number of benzene rings is 1. The fourth-order valence-corrected chi connectivity index (χ4v) is 1.85. The third-order valence-electron chi connectivity index (χ3n) is 2.96. The Balaban J connectivity index is 2.56. The van der Waals surface area contributed by atoms with Crippen LogP contribution in [0.1, 0.15) is 58.4 Å². The maximum Gasteiger partial charge on any atom is 0.0345 e. The number of nitrogens with one attached hydrogen (secondary N) is 1. The van der Waals surface area contributed by atoms with Crippen LogP contribution in [0, 0.1) is 0 Å². The summed E-state index contributed by atoms with van der Waals surface area (Å²) >= 11 is 0. The Morgan fingerprint density at radius 3 is 2.56 bits per heavy atom. The van der Waals surface area contributed by atoms with Crippen LogP contribution in [0.3, 0.4) is 0 Å². The molecule has 0 aromatic heterocycles. The van der Waals surface area contributed by atoms with E-state index in [1.54, 1.807) is 0 Å². The Kier molecular flexibility index (Phi) is 5.37. The van der Waals surface area contributed by atoms with Crippen LogP contribution in [0.2, 0.25) is 0 Å². The lowest BCUT2D eigenvalue weighted by Gasteiger charge is -2.16. The van der Waals surface area contributed by atoms with Gasteiger partial charge in [0.15, 0.2) is 0 Å². The Morgan fingerprint density at radius 1 is 1.19 bits per heavy atom. The molecule has 1 aromatic rings. The first-order chi connectivity index (χ1) is 7.63. The van der Waals surface area contributed by atoms with Crippen molar-refractivity contribution in [2.24, 2.45) is 0 Å². The number of hydrogen-bond donors (Lipinski definition) is 1. The minimum Gasteiger partial charge on any atom is -0.383 e. The monoisotopic (exact) mass is 219 g/mol. The third kappa shape index (κ3) is 4.26. The smallest absolute Gasteiger partial charge is 0.0345 e. The van der Waals surface area contributed by atoms with Crippen LogP contribution < -0.4 is 5.32 Å². The summed E-state index contributed by atoms with van der Waals surface area (Å²) in [6, 6.07) is 9.35. The van der Waals surface area contributed by atoms with Crippen molar-refractivity contribution >= 4 is 5.69 Å². The van der Waals surface area contributed by atoms with E-state index < -0.39 is 0 Å². The molecular weight excluding hydrogens is 194 g/mol. The standard InChI is InChI=1S/C15H25N/c1-5-6-8-13(4)16-15-10-7-9-14(11-15)12(2)3/h7,9-13,16H,5-6,8H2,1-4H3. The van der Waals surface area contributed by atoms with E-state index >= 15 is 0 Å². The molecule has 1 unspecified atom stereocenters. The maximum absolute atomic E-state index is 3.57. The van der Waals surface area contributed by atoms with Gasteiger partial charge in [0.1, 0.15) is 0 Å². The molecule has 1 aromatic carbocycles. The van der Waals surface area contributed by atoms with E-state index in [0.717, 1.165) is 0 Å². The van der Waals surface area contributed by atoms with Crippen molar-refractivity contribution in [3.8, 4) is 0 Å². The molecule has 0 bridgehead atoms. The molecule has 0 saturated carbocycles. The van der Waals surface area contributed by atoms with Crippen LogP contribution in [0.25, 0.3) is 0 Å². The molecule has 1 atom stereocenters. The molecule has 1 rings (SSSR count). The Hall–Kier alpha value is -0.980. The molecule has 0 saturated heterocycles. The van der Waals surface area contributed by atoms with Crippen LogP contribution in [-0.2, 0) is 0 Å². The molecule has 0 aliphatic rings. The molecule has 1 heteroatoms. The highest BCUT2D eigenvalue weighted by Crippen LogP contribution is 2.19. The van der Waals surface area contributed by atoms with Crippen molar-refractivity contribution in [2.75, 3.05) is 5.32 Å². The highest BCUT2D eigenvalue weighted by molar-refractivity contribution is 5.47. The number of anilines is 1. The summed E-state index contributed by atoms with van der Waals surface area (Å²) in [7, 11) is 0. The third-order valence-corrected chi connectivity index (χ3v) is 2.96. The zero-order valence-electron chi connectivity index (χ0n) is 11.1. The van der Waals surface area contributed by atoms with Crippen molar-refractivity contribution in [3.05, 3.63) is 29.8 Å². The molecule has 16 heavy (non-hydrogen) atoms. The maximum atomic E-state index is 3.57. The molecule has 0 spiro atoms. The Labute approximate surface area is 100 Å². The lowest BCUT2D eigenvalue weighted by Crippen LogP contribution is -2.14. The van der Waals surface area contributed by atoms with Crippen molar-refractivity contribution < 1.29 is 0 Å². The molecule has 0 amide bonds. The number of rotatable bonds is 6.